The summed E-state index contributed by atoms with van der Waals surface area (Å²) < 4.78 is 16.4. The summed E-state index contributed by atoms with van der Waals surface area (Å²) in [6, 6.07) is 15.7. The van der Waals surface area contributed by atoms with Gasteiger partial charge >= 0.3 is 6.16 Å². The molecular weight excluding hydrogens is 504 g/mol. The van der Waals surface area contributed by atoms with E-state index in [9.17, 15) is 19.5 Å². The Labute approximate surface area is 214 Å². The van der Waals surface area contributed by atoms with E-state index in [0.29, 0.717) is 29.4 Å². The van der Waals surface area contributed by atoms with Gasteiger partial charge in [-0.3, -0.25) is 14.2 Å². The Morgan fingerprint density at radius 1 is 1.16 bits per heavy atom. The Balaban J connectivity index is 1.28. The minimum absolute atomic E-state index is 0.00721. The number of hydrogen-bond donors (Lipinski definition) is 3. The van der Waals surface area contributed by atoms with Crippen LogP contribution in [0.4, 0.5) is 4.79 Å². The Morgan fingerprint density at radius 3 is 2.54 bits per heavy atom. The van der Waals surface area contributed by atoms with Gasteiger partial charge in [-0.1, -0.05) is 41.9 Å². The largest absolute Gasteiger partial charge is 0.512 e. The van der Waals surface area contributed by atoms with Crippen LogP contribution in [0.25, 0.3) is 16.6 Å². The molecule has 4 aromatic rings. The van der Waals surface area contributed by atoms with Gasteiger partial charge in [0.2, 0.25) is 17.5 Å². The van der Waals surface area contributed by atoms with Crippen molar-refractivity contribution >= 4 is 40.5 Å². The number of ether oxygens (including phenoxy) is 2. The molecule has 3 N–H and O–H groups in total. The first-order chi connectivity index (χ1) is 17.8. The van der Waals surface area contributed by atoms with E-state index < -0.39 is 17.6 Å². The first kappa shape index (κ1) is 24.2. The van der Waals surface area contributed by atoms with E-state index in [1.165, 1.54) is 13.2 Å². The predicted octanol–water partition coefficient (Wildman–Crippen LogP) is 3.92. The molecule has 1 fully saturated rings. The lowest BCUT2D eigenvalue weighted by Crippen LogP contribution is -2.48. The number of para-hydroxylation sites is 1. The second-order valence-electron chi connectivity index (χ2n) is 8.46. The number of benzene rings is 2. The Morgan fingerprint density at radius 2 is 1.89 bits per heavy atom. The highest BCUT2D eigenvalue weighted by Gasteiger charge is 2.51. The molecule has 2 heterocycles. The van der Waals surface area contributed by atoms with E-state index in [0.717, 1.165) is 5.56 Å². The highest BCUT2D eigenvalue weighted by Crippen LogP contribution is 2.39. The number of fused-ring (bicyclic) bond motifs is 1. The zero-order valence-corrected chi connectivity index (χ0v) is 20.2. The summed E-state index contributed by atoms with van der Waals surface area (Å²) in [4.78, 5) is 36.5. The summed E-state index contributed by atoms with van der Waals surface area (Å²) in [5, 5.41) is 19.2. The first-order valence-electron chi connectivity index (χ1n) is 11.2. The number of hydrogen-bond acceptors (Lipinski definition) is 7. The van der Waals surface area contributed by atoms with E-state index in [4.69, 9.17) is 25.6 Å². The SMILES string of the molecule is COc1cc(C(=O)NC2(C(=O)NCc3ccc(-n4c(OC(=O)O)c(Cl)c5ccccc54)cc3)CC2)on1. The number of aromatic nitrogens is 2. The molecule has 0 bridgehead atoms. The van der Waals surface area contributed by atoms with Crippen LogP contribution in [-0.2, 0) is 11.3 Å². The molecule has 190 valence electrons. The maximum Gasteiger partial charge on any atom is 0.512 e. The minimum Gasteiger partial charge on any atom is -0.479 e. The van der Waals surface area contributed by atoms with Gasteiger partial charge < -0.3 is 29.7 Å². The monoisotopic (exact) mass is 524 g/mol. The molecule has 1 aliphatic carbocycles. The van der Waals surface area contributed by atoms with Crippen LogP contribution in [0.3, 0.4) is 0 Å². The van der Waals surface area contributed by atoms with Crippen molar-refractivity contribution in [3.8, 4) is 17.4 Å². The van der Waals surface area contributed by atoms with Crippen molar-refractivity contribution in [3.63, 3.8) is 0 Å². The highest BCUT2D eigenvalue weighted by molar-refractivity contribution is 6.37. The van der Waals surface area contributed by atoms with Gasteiger partial charge in [-0.25, -0.2) is 4.79 Å². The molecule has 2 amide bonds. The molecule has 12 heteroatoms. The second kappa shape index (κ2) is 9.51. The van der Waals surface area contributed by atoms with Gasteiger partial charge in [0.1, 0.15) is 10.6 Å². The molecule has 37 heavy (non-hydrogen) atoms. The average Bonchev–Trinajstić information content (AvgIpc) is 3.41. The third-order valence-electron chi connectivity index (χ3n) is 6.06. The fourth-order valence-electron chi connectivity index (χ4n) is 4.00. The van der Waals surface area contributed by atoms with Crippen LogP contribution in [0.15, 0.2) is 59.1 Å². The van der Waals surface area contributed by atoms with Crippen molar-refractivity contribution in [2.75, 3.05) is 7.11 Å². The van der Waals surface area contributed by atoms with Crippen molar-refractivity contribution < 1.29 is 33.5 Å². The number of carbonyl (C=O) groups excluding carboxylic acids is 2. The lowest BCUT2D eigenvalue weighted by atomic mass is 10.1. The van der Waals surface area contributed by atoms with Crippen molar-refractivity contribution in [3.05, 3.63) is 70.9 Å². The van der Waals surface area contributed by atoms with Gasteiger partial charge in [0.15, 0.2) is 0 Å². The van der Waals surface area contributed by atoms with Crippen molar-refractivity contribution in [1.29, 1.82) is 0 Å². The molecule has 0 unspecified atom stereocenters. The van der Waals surface area contributed by atoms with Crippen LogP contribution in [0, 0.1) is 0 Å². The Bertz CT molecular complexity index is 1510. The normalized spacial score (nSPS) is 13.7. The van der Waals surface area contributed by atoms with Gasteiger partial charge in [0, 0.05) is 17.6 Å². The average molecular weight is 525 g/mol. The second-order valence-corrected chi connectivity index (χ2v) is 8.84. The molecule has 1 saturated carbocycles. The van der Waals surface area contributed by atoms with Gasteiger partial charge in [-0.2, -0.15) is 0 Å². The third kappa shape index (κ3) is 4.68. The molecular formula is C25H21ClN4O7. The fraction of sp³-hybridized carbons (Fsp3) is 0.200. The zero-order valence-electron chi connectivity index (χ0n) is 19.5. The topological polar surface area (TPSA) is 145 Å². The molecule has 0 aliphatic heterocycles. The summed E-state index contributed by atoms with van der Waals surface area (Å²) in [7, 11) is 1.40. The van der Waals surface area contributed by atoms with Gasteiger partial charge in [0.05, 0.1) is 18.7 Å². The van der Waals surface area contributed by atoms with E-state index in [-0.39, 0.29) is 35.0 Å². The Kier molecular flexibility index (Phi) is 6.22. The smallest absolute Gasteiger partial charge is 0.479 e. The minimum atomic E-state index is -1.48. The Hall–Kier alpha value is -4.51. The van der Waals surface area contributed by atoms with Gasteiger partial charge in [-0.05, 0) is 41.8 Å². The van der Waals surface area contributed by atoms with E-state index in [1.54, 1.807) is 41.0 Å². The third-order valence-corrected chi connectivity index (χ3v) is 6.43. The summed E-state index contributed by atoms with van der Waals surface area (Å²) >= 11 is 6.40. The van der Waals surface area contributed by atoms with E-state index in [1.807, 2.05) is 12.1 Å². The molecule has 5 rings (SSSR count). The maximum absolute atomic E-state index is 12.8. The summed E-state index contributed by atoms with van der Waals surface area (Å²) in [6.45, 7) is 0.221. The maximum atomic E-state index is 12.8. The predicted molar refractivity (Wildman–Crippen MR) is 131 cm³/mol. The highest BCUT2D eigenvalue weighted by atomic mass is 35.5. The molecule has 0 saturated heterocycles. The number of amides is 2. The number of carbonyl (C=O) groups is 3. The van der Waals surface area contributed by atoms with Crippen LogP contribution in [0.2, 0.25) is 5.02 Å². The van der Waals surface area contributed by atoms with Crippen molar-refractivity contribution in [1.82, 2.24) is 20.4 Å². The summed E-state index contributed by atoms with van der Waals surface area (Å²) in [5.74, 6) is -0.746. The number of rotatable bonds is 8. The zero-order chi connectivity index (χ0) is 26.2. The molecule has 0 atom stereocenters. The van der Waals surface area contributed by atoms with Crippen molar-refractivity contribution in [2.24, 2.45) is 0 Å². The number of carboxylic acid groups (broad SMARTS) is 1. The fourth-order valence-corrected chi connectivity index (χ4v) is 4.28. The van der Waals surface area contributed by atoms with Crippen LogP contribution in [-0.4, -0.2) is 45.4 Å². The van der Waals surface area contributed by atoms with Crippen LogP contribution < -0.4 is 20.1 Å². The molecule has 11 nitrogen and oxygen atoms in total. The van der Waals surface area contributed by atoms with Crippen LogP contribution >= 0.6 is 11.6 Å². The van der Waals surface area contributed by atoms with Gasteiger partial charge in [-0.15, -0.1) is 0 Å². The molecule has 1 aliphatic rings. The molecule has 2 aromatic carbocycles. The van der Waals surface area contributed by atoms with E-state index >= 15 is 0 Å². The number of nitrogens with zero attached hydrogens (tertiary/aromatic N) is 2. The van der Waals surface area contributed by atoms with Crippen LogP contribution in [0.1, 0.15) is 29.0 Å². The molecule has 0 spiro atoms. The van der Waals surface area contributed by atoms with E-state index in [2.05, 4.69) is 15.8 Å². The summed E-state index contributed by atoms with van der Waals surface area (Å²) in [6.07, 6.45) is -0.473. The van der Waals surface area contributed by atoms with Gasteiger partial charge in [0.25, 0.3) is 11.8 Å². The molecule has 0 radical (unpaired) electrons. The number of nitrogens with one attached hydrogen (secondary N) is 2. The number of halogens is 1. The summed E-state index contributed by atoms with van der Waals surface area (Å²) in [5.41, 5.74) is 1.10. The number of methoxy groups -OCH3 is 1. The lowest BCUT2D eigenvalue weighted by Gasteiger charge is -2.16. The lowest BCUT2D eigenvalue weighted by molar-refractivity contribution is -0.124. The quantitative estimate of drug-likeness (QED) is 0.294. The van der Waals surface area contributed by atoms with Crippen molar-refractivity contribution in [2.45, 2.75) is 24.9 Å². The standard InChI is InChI=1S/C25H21ClN4O7/c1-35-19-12-18(37-29-19)21(31)28-25(10-11-25)23(32)27-13-14-6-8-15(9-7-14)30-17-5-3-2-4-16(17)20(26)22(30)36-24(33)34/h2-9,12H,10-11,13H2,1H3,(H,27,32)(H,28,31)(H,33,34). The first-order valence-corrected chi connectivity index (χ1v) is 11.6. The molecule has 2 aromatic heterocycles. The van der Waals surface area contributed by atoms with Crippen LogP contribution in [0.5, 0.6) is 11.8 Å².